The summed E-state index contributed by atoms with van der Waals surface area (Å²) in [5.41, 5.74) is 2.03. The molecule has 1 aliphatic rings. The third-order valence-corrected chi connectivity index (χ3v) is 2.78. The monoisotopic (exact) mass is 236 g/mol. The zero-order valence-corrected chi connectivity index (χ0v) is 10.0. The quantitative estimate of drug-likeness (QED) is 0.710. The van der Waals surface area contributed by atoms with Gasteiger partial charge in [0, 0.05) is 24.1 Å². The van der Waals surface area contributed by atoms with E-state index < -0.39 is 6.10 Å². The minimum Gasteiger partial charge on any atom is -0.467 e. The van der Waals surface area contributed by atoms with Crippen LogP contribution in [0.1, 0.15) is 5.69 Å². The molecule has 0 N–H and O–H groups in total. The van der Waals surface area contributed by atoms with Crippen LogP contribution in [0.3, 0.4) is 0 Å². The van der Waals surface area contributed by atoms with Crippen LogP contribution in [0.5, 0.6) is 0 Å². The lowest BCUT2D eigenvalue weighted by Gasteiger charge is -2.33. The second-order valence-electron chi connectivity index (χ2n) is 3.98. The molecule has 5 nitrogen and oxygen atoms in total. The van der Waals surface area contributed by atoms with E-state index in [1.807, 2.05) is 19.1 Å². The molecule has 0 radical (unpaired) electrons. The van der Waals surface area contributed by atoms with E-state index in [0.29, 0.717) is 13.2 Å². The summed E-state index contributed by atoms with van der Waals surface area (Å²) in [6.45, 7) is 3.77. The van der Waals surface area contributed by atoms with Gasteiger partial charge in [0.2, 0.25) is 0 Å². The minimum absolute atomic E-state index is 0.319. The van der Waals surface area contributed by atoms with Crippen molar-refractivity contribution in [1.29, 1.82) is 0 Å². The van der Waals surface area contributed by atoms with Gasteiger partial charge >= 0.3 is 5.97 Å². The summed E-state index contributed by atoms with van der Waals surface area (Å²) in [5.74, 6) is -0.319. The first kappa shape index (κ1) is 11.9. The fourth-order valence-electron chi connectivity index (χ4n) is 1.89. The van der Waals surface area contributed by atoms with Gasteiger partial charge in [0.05, 0.1) is 20.3 Å². The molecule has 5 heteroatoms. The van der Waals surface area contributed by atoms with E-state index in [0.717, 1.165) is 17.9 Å². The molecule has 2 rings (SSSR count). The van der Waals surface area contributed by atoms with Gasteiger partial charge < -0.3 is 14.4 Å². The first-order valence-electron chi connectivity index (χ1n) is 5.58. The molecular weight excluding hydrogens is 220 g/mol. The number of esters is 1. The molecule has 0 aliphatic carbocycles. The van der Waals surface area contributed by atoms with Crippen molar-refractivity contribution < 1.29 is 14.3 Å². The lowest BCUT2D eigenvalue weighted by Crippen LogP contribution is -2.46. The van der Waals surface area contributed by atoms with Crippen molar-refractivity contribution in [2.75, 3.05) is 31.7 Å². The van der Waals surface area contributed by atoms with Gasteiger partial charge in [-0.2, -0.15) is 0 Å². The van der Waals surface area contributed by atoms with Gasteiger partial charge in [0.25, 0.3) is 0 Å². The number of nitrogens with zero attached hydrogens (tertiary/aromatic N) is 2. The largest absolute Gasteiger partial charge is 0.467 e. The standard InChI is InChI=1S/C12H16N2O3/c1-9-7-10(3-4-13-9)14-5-6-17-11(8-14)12(15)16-2/h3-4,7,11H,5-6,8H2,1-2H3. The SMILES string of the molecule is COC(=O)C1CN(c2ccnc(C)c2)CCO1. The number of hydrogen-bond acceptors (Lipinski definition) is 5. The fraction of sp³-hybridized carbons (Fsp3) is 0.500. The normalized spacial score (nSPS) is 20.1. The van der Waals surface area contributed by atoms with Crippen LogP contribution in [0.2, 0.25) is 0 Å². The Morgan fingerprint density at radius 3 is 3.18 bits per heavy atom. The van der Waals surface area contributed by atoms with Gasteiger partial charge in [0.1, 0.15) is 0 Å². The molecular formula is C12H16N2O3. The van der Waals surface area contributed by atoms with Gasteiger partial charge in [-0.05, 0) is 19.1 Å². The molecule has 17 heavy (non-hydrogen) atoms. The second-order valence-corrected chi connectivity index (χ2v) is 3.98. The van der Waals surface area contributed by atoms with Crippen LogP contribution in [0.15, 0.2) is 18.3 Å². The van der Waals surface area contributed by atoms with Crippen LogP contribution >= 0.6 is 0 Å². The van der Waals surface area contributed by atoms with E-state index in [4.69, 9.17) is 9.47 Å². The molecule has 0 amide bonds. The Morgan fingerprint density at radius 2 is 2.47 bits per heavy atom. The van der Waals surface area contributed by atoms with Crippen molar-refractivity contribution in [3.05, 3.63) is 24.0 Å². The average Bonchev–Trinajstić information content (AvgIpc) is 2.38. The van der Waals surface area contributed by atoms with Crippen LogP contribution in [0.4, 0.5) is 5.69 Å². The van der Waals surface area contributed by atoms with E-state index in [1.165, 1.54) is 7.11 Å². The molecule has 1 saturated heterocycles. The molecule has 1 aromatic rings. The lowest BCUT2D eigenvalue weighted by atomic mass is 10.2. The number of morpholine rings is 1. The number of carbonyl (C=O) groups excluding carboxylic acids is 1. The maximum Gasteiger partial charge on any atom is 0.336 e. The van der Waals surface area contributed by atoms with Gasteiger partial charge in [-0.25, -0.2) is 4.79 Å². The number of aromatic nitrogens is 1. The van der Waals surface area contributed by atoms with Crippen LogP contribution in [0.25, 0.3) is 0 Å². The molecule has 1 atom stereocenters. The highest BCUT2D eigenvalue weighted by Crippen LogP contribution is 2.18. The Balaban J connectivity index is 2.09. The zero-order chi connectivity index (χ0) is 12.3. The Morgan fingerprint density at radius 1 is 1.65 bits per heavy atom. The third-order valence-electron chi connectivity index (χ3n) is 2.78. The molecule has 0 spiro atoms. The average molecular weight is 236 g/mol. The molecule has 0 aromatic carbocycles. The van der Waals surface area contributed by atoms with E-state index in [-0.39, 0.29) is 5.97 Å². The highest BCUT2D eigenvalue weighted by atomic mass is 16.6. The maximum absolute atomic E-state index is 11.4. The van der Waals surface area contributed by atoms with Crippen molar-refractivity contribution in [2.24, 2.45) is 0 Å². The van der Waals surface area contributed by atoms with E-state index in [2.05, 4.69) is 9.88 Å². The molecule has 92 valence electrons. The van der Waals surface area contributed by atoms with Crippen molar-refractivity contribution in [3.63, 3.8) is 0 Å². The second kappa shape index (κ2) is 5.14. The summed E-state index contributed by atoms with van der Waals surface area (Å²) >= 11 is 0. The Kier molecular flexibility index (Phi) is 3.58. The van der Waals surface area contributed by atoms with Crippen molar-refractivity contribution in [2.45, 2.75) is 13.0 Å². The molecule has 1 aromatic heterocycles. The molecule has 0 bridgehead atoms. The Bertz CT molecular complexity index is 408. The Hall–Kier alpha value is -1.62. The summed E-state index contributed by atoms with van der Waals surface area (Å²) in [5, 5.41) is 0. The fourth-order valence-corrected chi connectivity index (χ4v) is 1.89. The van der Waals surface area contributed by atoms with E-state index in [9.17, 15) is 4.79 Å². The van der Waals surface area contributed by atoms with Gasteiger partial charge in [-0.3, -0.25) is 4.98 Å². The first-order chi connectivity index (χ1) is 8.20. The number of hydrogen-bond donors (Lipinski definition) is 0. The van der Waals surface area contributed by atoms with Crippen LogP contribution in [-0.4, -0.2) is 43.9 Å². The van der Waals surface area contributed by atoms with Gasteiger partial charge in [-0.1, -0.05) is 0 Å². The van der Waals surface area contributed by atoms with Gasteiger partial charge in [0.15, 0.2) is 6.10 Å². The number of aryl methyl sites for hydroxylation is 1. The predicted octanol–water partition coefficient (Wildman–Crippen LogP) is 0.768. The maximum atomic E-state index is 11.4. The summed E-state index contributed by atoms with van der Waals surface area (Å²) in [7, 11) is 1.38. The summed E-state index contributed by atoms with van der Waals surface area (Å²) in [6.07, 6.45) is 1.27. The predicted molar refractivity (Wildman–Crippen MR) is 62.9 cm³/mol. The van der Waals surface area contributed by atoms with Crippen molar-refractivity contribution in [3.8, 4) is 0 Å². The van der Waals surface area contributed by atoms with Gasteiger partial charge in [-0.15, -0.1) is 0 Å². The topological polar surface area (TPSA) is 51.7 Å². The number of carbonyl (C=O) groups is 1. The van der Waals surface area contributed by atoms with Crippen LogP contribution < -0.4 is 4.90 Å². The first-order valence-corrected chi connectivity index (χ1v) is 5.58. The number of anilines is 1. The number of ether oxygens (including phenoxy) is 2. The minimum atomic E-state index is -0.498. The summed E-state index contributed by atoms with van der Waals surface area (Å²) < 4.78 is 10.1. The highest BCUT2D eigenvalue weighted by molar-refractivity contribution is 5.75. The Labute approximate surface area is 100 Å². The molecule has 1 unspecified atom stereocenters. The third kappa shape index (κ3) is 2.74. The number of methoxy groups -OCH3 is 1. The van der Waals surface area contributed by atoms with E-state index >= 15 is 0 Å². The summed E-state index contributed by atoms with van der Waals surface area (Å²) in [4.78, 5) is 17.7. The molecule has 2 heterocycles. The lowest BCUT2D eigenvalue weighted by molar-refractivity contribution is -0.154. The van der Waals surface area contributed by atoms with E-state index in [1.54, 1.807) is 6.20 Å². The van der Waals surface area contributed by atoms with Crippen LogP contribution in [-0.2, 0) is 14.3 Å². The zero-order valence-electron chi connectivity index (χ0n) is 10.0. The summed E-state index contributed by atoms with van der Waals surface area (Å²) in [6, 6.07) is 3.94. The number of pyridine rings is 1. The molecule has 1 fully saturated rings. The smallest absolute Gasteiger partial charge is 0.336 e. The highest BCUT2D eigenvalue weighted by Gasteiger charge is 2.27. The van der Waals surface area contributed by atoms with Crippen molar-refractivity contribution >= 4 is 11.7 Å². The molecule has 1 aliphatic heterocycles. The van der Waals surface area contributed by atoms with Crippen LogP contribution in [0, 0.1) is 6.92 Å². The number of rotatable bonds is 2. The van der Waals surface area contributed by atoms with Crippen molar-refractivity contribution in [1.82, 2.24) is 4.98 Å². The molecule has 0 saturated carbocycles.